The molecule has 0 aromatic heterocycles. The number of halogens is 6. The second-order valence-corrected chi connectivity index (χ2v) is 11.5. The lowest BCUT2D eigenvalue weighted by Crippen LogP contribution is -2.40. The molecule has 39 heavy (non-hydrogen) atoms. The number of rotatable bonds is 8. The Kier molecular flexibility index (Phi) is 7.89. The topological polar surface area (TPSA) is 6.48 Å². The van der Waals surface area contributed by atoms with Crippen LogP contribution in [-0.4, -0.2) is 31.5 Å². The summed E-state index contributed by atoms with van der Waals surface area (Å²) in [6.45, 7) is 8.82. The second kappa shape index (κ2) is 10.6. The van der Waals surface area contributed by atoms with Crippen LogP contribution in [0.5, 0.6) is 0 Å². The molecule has 2 aromatic carbocycles. The smallest absolute Gasteiger partial charge is 0.364 e. The summed E-state index contributed by atoms with van der Waals surface area (Å²) < 4.78 is 77.5. The Hall–Kier alpha value is -2.90. The molecule has 0 spiro atoms. The SMILES string of the molecule is CC1(C)C(=CC=CC2N(CCCC(F)(F)F)c3ccccc3C2(C)C)N(CCCC(F)(F)F)c2ccccc21. The number of allylic oxidation sites excluding steroid dienone is 3. The first kappa shape index (κ1) is 29.1. The molecule has 0 aliphatic carbocycles. The van der Waals surface area contributed by atoms with Crippen LogP contribution < -0.4 is 9.80 Å². The van der Waals surface area contributed by atoms with Gasteiger partial charge in [0.05, 0.1) is 6.04 Å². The summed E-state index contributed by atoms with van der Waals surface area (Å²) in [4.78, 5) is 4.02. The molecule has 0 fully saturated rings. The highest BCUT2D eigenvalue weighted by Gasteiger charge is 2.43. The first-order chi connectivity index (χ1) is 18.1. The van der Waals surface area contributed by atoms with Crippen LogP contribution in [-0.2, 0) is 10.8 Å². The van der Waals surface area contributed by atoms with Gasteiger partial charge in [0.15, 0.2) is 0 Å². The molecule has 0 saturated carbocycles. The molecule has 0 bridgehead atoms. The molecule has 2 aliphatic heterocycles. The minimum Gasteiger partial charge on any atom is -0.364 e. The number of anilines is 2. The average Bonchev–Trinajstić information content (AvgIpc) is 3.18. The molecule has 2 aromatic rings. The third-order valence-corrected chi connectivity index (χ3v) is 8.03. The highest BCUT2D eigenvalue weighted by molar-refractivity contribution is 5.71. The average molecular weight is 551 g/mol. The van der Waals surface area contributed by atoms with E-state index in [-0.39, 0.29) is 37.4 Å². The van der Waals surface area contributed by atoms with Gasteiger partial charge in [0.2, 0.25) is 0 Å². The Morgan fingerprint density at radius 1 is 0.744 bits per heavy atom. The second-order valence-electron chi connectivity index (χ2n) is 11.5. The monoisotopic (exact) mass is 550 g/mol. The zero-order chi connectivity index (χ0) is 28.6. The summed E-state index contributed by atoms with van der Waals surface area (Å²) in [6.07, 6.45) is -4.23. The van der Waals surface area contributed by atoms with Crippen LogP contribution in [0, 0.1) is 0 Å². The van der Waals surface area contributed by atoms with Crippen molar-refractivity contribution in [3.8, 4) is 0 Å². The fourth-order valence-corrected chi connectivity index (χ4v) is 6.09. The maximum Gasteiger partial charge on any atom is 0.389 e. The van der Waals surface area contributed by atoms with Gasteiger partial charge in [-0.1, -0.05) is 76.2 Å². The number of hydrogen-bond acceptors (Lipinski definition) is 2. The normalized spacial score (nSPS) is 21.2. The first-order valence-corrected chi connectivity index (χ1v) is 13.4. The molecule has 1 atom stereocenters. The molecule has 212 valence electrons. The molecule has 2 nitrogen and oxygen atoms in total. The predicted octanol–water partition coefficient (Wildman–Crippen LogP) is 9.08. The lowest BCUT2D eigenvalue weighted by molar-refractivity contribution is -0.135. The number of benzene rings is 2. The first-order valence-electron chi connectivity index (χ1n) is 13.4. The van der Waals surface area contributed by atoms with E-state index in [9.17, 15) is 26.3 Å². The van der Waals surface area contributed by atoms with Crippen molar-refractivity contribution in [2.75, 3.05) is 22.9 Å². The molecular weight excluding hydrogens is 514 g/mol. The highest BCUT2D eigenvalue weighted by atomic mass is 19.4. The molecule has 2 heterocycles. The molecule has 2 aliphatic rings. The predicted molar refractivity (Wildman–Crippen MR) is 145 cm³/mol. The minimum atomic E-state index is -4.21. The molecule has 8 heteroatoms. The van der Waals surface area contributed by atoms with E-state index in [4.69, 9.17) is 0 Å². The molecule has 0 radical (unpaired) electrons. The molecule has 1 unspecified atom stereocenters. The van der Waals surface area contributed by atoms with Crippen LogP contribution in [0.2, 0.25) is 0 Å². The summed E-state index contributed by atoms with van der Waals surface area (Å²) >= 11 is 0. The maximum absolute atomic E-state index is 12.9. The van der Waals surface area contributed by atoms with E-state index in [0.29, 0.717) is 0 Å². The summed E-state index contributed by atoms with van der Waals surface area (Å²) in [6, 6.07) is 15.4. The highest BCUT2D eigenvalue weighted by Crippen LogP contribution is 2.49. The van der Waals surface area contributed by atoms with Crippen LogP contribution in [0.1, 0.15) is 64.5 Å². The van der Waals surface area contributed by atoms with Gasteiger partial charge in [0.25, 0.3) is 0 Å². The summed E-state index contributed by atoms with van der Waals surface area (Å²) in [5, 5.41) is 0. The Morgan fingerprint density at radius 2 is 1.28 bits per heavy atom. The van der Waals surface area contributed by atoms with Gasteiger partial charge in [-0.05, 0) is 42.2 Å². The number of hydrogen-bond donors (Lipinski definition) is 0. The number of para-hydroxylation sites is 2. The van der Waals surface area contributed by atoms with Gasteiger partial charge in [-0.2, -0.15) is 26.3 Å². The third-order valence-electron chi connectivity index (χ3n) is 8.03. The van der Waals surface area contributed by atoms with Crippen molar-refractivity contribution in [1.29, 1.82) is 0 Å². The Morgan fingerprint density at radius 3 is 1.90 bits per heavy atom. The minimum absolute atomic E-state index is 0.00529. The summed E-state index contributed by atoms with van der Waals surface area (Å²) in [7, 11) is 0. The van der Waals surface area contributed by atoms with E-state index in [2.05, 4.69) is 27.7 Å². The number of nitrogens with zero attached hydrogens (tertiary/aromatic N) is 2. The van der Waals surface area contributed by atoms with Crippen LogP contribution in [0.15, 0.2) is 72.5 Å². The van der Waals surface area contributed by atoms with Crippen LogP contribution in [0.3, 0.4) is 0 Å². The Balaban J connectivity index is 1.64. The lowest BCUT2D eigenvalue weighted by atomic mass is 9.80. The van der Waals surface area contributed by atoms with Crippen molar-refractivity contribution in [2.24, 2.45) is 0 Å². The van der Waals surface area contributed by atoms with Crippen molar-refractivity contribution < 1.29 is 26.3 Å². The van der Waals surface area contributed by atoms with E-state index in [1.54, 1.807) is 0 Å². The van der Waals surface area contributed by atoms with Gasteiger partial charge in [0, 0.05) is 53.8 Å². The van der Waals surface area contributed by atoms with Crippen molar-refractivity contribution >= 4 is 11.4 Å². The van der Waals surface area contributed by atoms with Gasteiger partial charge in [-0.25, -0.2) is 0 Å². The number of fused-ring (bicyclic) bond motifs is 2. The van der Waals surface area contributed by atoms with Gasteiger partial charge in [0.1, 0.15) is 0 Å². The maximum atomic E-state index is 12.9. The Bertz CT molecular complexity index is 1220. The summed E-state index contributed by atoms with van der Waals surface area (Å²) in [5.74, 6) is 0. The molecule has 4 rings (SSSR count). The fourth-order valence-electron chi connectivity index (χ4n) is 6.09. The lowest BCUT2D eigenvalue weighted by Gasteiger charge is -2.32. The van der Waals surface area contributed by atoms with Crippen molar-refractivity contribution in [2.45, 2.75) is 82.6 Å². The van der Waals surface area contributed by atoms with Gasteiger partial charge < -0.3 is 9.80 Å². The molecular formula is C31H36F6N2. The standard InChI is InChI=1S/C31H36F6N2/c1-28(2)22-12-5-7-14-24(22)38(20-10-18-30(32,33)34)26(28)16-9-17-27-29(3,4)23-13-6-8-15-25(23)39(27)21-11-19-31(35,36)37/h5-9,12-17,26H,10-11,18-21H2,1-4H3. The fraction of sp³-hybridized carbons (Fsp3) is 0.484. The quantitative estimate of drug-likeness (QED) is 0.303. The largest absolute Gasteiger partial charge is 0.389 e. The molecule has 0 amide bonds. The van der Waals surface area contributed by atoms with Crippen molar-refractivity contribution in [3.63, 3.8) is 0 Å². The molecule has 0 saturated heterocycles. The molecule has 0 N–H and O–H groups in total. The van der Waals surface area contributed by atoms with Crippen LogP contribution in [0.4, 0.5) is 37.7 Å². The summed E-state index contributed by atoms with van der Waals surface area (Å²) in [5.41, 5.74) is 4.13. The van der Waals surface area contributed by atoms with E-state index in [1.165, 1.54) is 0 Å². The van der Waals surface area contributed by atoms with Crippen molar-refractivity contribution in [3.05, 3.63) is 83.6 Å². The van der Waals surface area contributed by atoms with E-state index >= 15 is 0 Å². The zero-order valence-electron chi connectivity index (χ0n) is 22.8. The van der Waals surface area contributed by atoms with E-state index in [1.807, 2.05) is 76.6 Å². The van der Waals surface area contributed by atoms with E-state index < -0.39 is 30.6 Å². The van der Waals surface area contributed by atoms with Gasteiger partial charge in [-0.15, -0.1) is 0 Å². The Labute approximate surface area is 227 Å². The van der Waals surface area contributed by atoms with E-state index in [0.717, 1.165) is 28.2 Å². The third kappa shape index (κ3) is 6.15. The number of alkyl halides is 6. The van der Waals surface area contributed by atoms with Crippen LogP contribution in [0.25, 0.3) is 0 Å². The van der Waals surface area contributed by atoms with Gasteiger partial charge >= 0.3 is 12.4 Å². The van der Waals surface area contributed by atoms with Crippen LogP contribution >= 0.6 is 0 Å². The zero-order valence-corrected chi connectivity index (χ0v) is 22.8. The van der Waals surface area contributed by atoms with Crippen molar-refractivity contribution in [1.82, 2.24) is 0 Å². The van der Waals surface area contributed by atoms with Gasteiger partial charge in [-0.3, -0.25) is 0 Å².